The van der Waals surface area contributed by atoms with Crippen molar-refractivity contribution in [3.8, 4) is 0 Å². The minimum Gasteiger partial charge on any atom is -0.454 e. The van der Waals surface area contributed by atoms with Gasteiger partial charge in [-0.1, -0.05) is 280 Å². The van der Waals surface area contributed by atoms with Crippen LogP contribution in [0.2, 0.25) is 0 Å². The highest BCUT2D eigenvalue weighted by Crippen LogP contribution is 2.26. The summed E-state index contributed by atoms with van der Waals surface area (Å²) in [5.74, 6) is -1.27. The molecule has 1 amide bonds. The zero-order valence-electron chi connectivity index (χ0n) is 47.2. The third-order valence-corrected chi connectivity index (χ3v) is 14.0. The summed E-state index contributed by atoms with van der Waals surface area (Å²) < 4.78 is 17.6. The highest BCUT2D eigenvalue weighted by molar-refractivity contribution is 5.80. The van der Waals surface area contributed by atoms with Gasteiger partial charge in [0, 0.05) is 6.42 Å². The number of ether oxygens (including phenoxy) is 3. The zero-order valence-corrected chi connectivity index (χ0v) is 47.2. The lowest BCUT2D eigenvalue weighted by molar-refractivity contribution is -0.305. The van der Waals surface area contributed by atoms with Crippen LogP contribution < -0.4 is 5.32 Å². The first-order valence-electron chi connectivity index (χ1n) is 30.3. The van der Waals surface area contributed by atoms with Crippen LogP contribution in [0.3, 0.4) is 0 Å². The Balaban J connectivity index is 2.67. The Hall–Kier alpha value is -2.90. The van der Waals surface area contributed by atoms with E-state index in [0.717, 1.165) is 51.4 Å². The first kappa shape index (κ1) is 69.1. The summed E-state index contributed by atoms with van der Waals surface area (Å²) in [5, 5.41) is 56.7. The Labute approximate surface area is 451 Å². The molecular formula is C63H111NO10. The number of allylic oxidation sites excluding steroid dienone is 11. The minimum atomic E-state index is -1.63. The number of carbonyl (C=O) groups excluding carboxylic acids is 2. The topological polar surface area (TPSA) is 175 Å². The van der Waals surface area contributed by atoms with Crippen LogP contribution in [0.25, 0.3) is 0 Å². The van der Waals surface area contributed by atoms with Crippen LogP contribution >= 0.6 is 0 Å². The third-order valence-electron chi connectivity index (χ3n) is 14.0. The lowest BCUT2D eigenvalue weighted by atomic mass is 9.99. The van der Waals surface area contributed by atoms with Crippen LogP contribution in [0.1, 0.15) is 252 Å². The molecule has 0 bridgehead atoms. The highest BCUT2D eigenvalue weighted by Gasteiger charge is 2.47. The maximum atomic E-state index is 13.3. The SMILES string of the molecule is CC/C=C/C=C/C=C\C=C/C=C/CCC(O)C(=O)NC(COC1OC(CO)C(O)C(O)C1OC(=O)CCCCCCCCCCCCCCCCCCCCCCC)C(O)/C=C/CCCCCCCCCCCC. The van der Waals surface area contributed by atoms with Crippen molar-refractivity contribution in [3.05, 3.63) is 72.9 Å². The molecule has 0 spiro atoms. The van der Waals surface area contributed by atoms with Gasteiger partial charge in [0.2, 0.25) is 5.91 Å². The second-order valence-electron chi connectivity index (χ2n) is 20.8. The number of hydrogen-bond donors (Lipinski definition) is 6. The predicted octanol–water partition coefficient (Wildman–Crippen LogP) is 14.0. The molecule has 74 heavy (non-hydrogen) atoms. The molecule has 1 fully saturated rings. The molecule has 0 aromatic rings. The van der Waals surface area contributed by atoms with Crippen LogP contribution in [0.5, 0.6) is 0 Å². The van der Waals surface area contributed by atoms with Crippen molar-refractivity contribution in [1.82, 2.24) is 5.32 Å². The van der Waals surface area contributed by atoms with E-state index in [-0.39, 0.29) is 19.4 Å². The Morgan fingerprint density at radius 2 is 0.973 bits per heavy atom. The summed E-state index contributed by atoms with van der Waals surface area (Å²) in [4.78, 5) is 26.4. The number of hydrogen-bond acceptors (Lipinski definition) is 10. The lowest BCUT2D eigenvalue weighted by Crippen LogP contribution is -2.61. The third kappa shape index (κ3) is 38.6. The molecule has 11 nitrogen and oxygen atoms in total. The van der Waals surface area contributed by atoms with Crippen LogP contribution in [-0.4, -0.2) is 99.6 Å². The van der Waals surface area contributed by atoms with E-state index in [1.807, 2.05) is 60.8 Å². The lowest BCUT2D eigenvalue weighted by Gasteiger charge is -2.41. The van der Waals surface area contributed by atoms with E-state index < -0.39 is 67.4 Å². The molecular weight excluding hydrogens is 931 g/mol. The second kappa shape index (κ2) is 50.9. The summed E-state index contributed by atoms with van der Waals surface area (Å²) in [6.07, 6.45) is 54.0. The normalized spacial score (nSPS) is 19.8. The van der Waals surface area contributed by atoms with E-state index in [9.17, 15) is 35.1 Å². The second-order valence-corrected chi connectivity index (χ2v) is 20.8. The van der Waals surface area contributed by atoms with Gasteiger partial charge in [0.1, 0.15) is 24.4 Å². The Kier molecular flexibility index (Phi) is 47.5. The van der Waals surface area contributed by atoms with Gasteiger partial charge in [-0.2, -0.15) is 0 Å². The van der Waals surface area contributed by atoms with Crippen LogP contribution in [0.15, 0.2) is 72.9 Å². The zero-order chi connectivity index (χ0) is 54.0. The van der Waals surface area contributed by atoms with Crippen molar-refractivity contribution in [1.29, 1.82) is 0 Å². The number of nitrogens with one attached hydrogen (secondary N) is 1. The number of rotatable bonds is 50. The molecule has 0 aromatic carbocycles. The Bertz CT molecular complexity index is 1480. The van der Waals surface area contributed by atoms with E-state index in [1.54, 1.807) is 6.08 Å². The number of esters is 1. The fraction of sp³-hybridized carbons (Fsp3) is 0.778. The Morgan fingerprint density at radius 1 is 0.541 bits per heavy atom. The first-order valence-corrected chi connectivity index (χ1v) is 30.3. The quantitative estimate of drug-likeness (QED) is 0.0149. The molecule has 1 aliphatic heterocycles. The molecule has 1 saturated heterocycles. The van der Waals surface area contributed by atoms with Crippen molar-refractivity contribution in [2.24, 2.45) is 0 Å². The molecule has 0 radical (unpaired) electrons. The van der Waals surface area contributed by atoms with Crippen molar-refractivity contribution in [2.45, 2.75) is 301 Å². The van der Waals surface area contributed by atoms with Crippen LogP contribution in [0, 0.1) is 0 Å². The van der Waals surface area contributed by atoms with E-state index in [0.29, 0.717) is 12.8 Å². The van der Waals surface area contributed by atoms with Gasteiger partial charge in [0.05, 0.1) is 25.4 Å². The molecule has 11 heteroatoms. The average molecular weight is 1040 g/mol. The average Bonchev–Trinajstić information content (AvgIpc) is 3.40. The van der Waals surface area contributed by atoms with Crippen LogP contribution in [-0.2, 0) is 23.8 Å². The van der Waals surface area contributed by atoms with Gasteiger partial charge in [-0.05, 0) is 38.5 Å². The van der Waals surface area contributed by atoms with Gasteiger partial charge in [0.25, 0.3) is 0 Å². The number of unbranched alkanes of at least 4 members (excludes halogenated alkanes) is 30. The van der Waals surface area contributed by atoms with E-state index in [2.05, 4.69) is 32.2 Å². The summed E-state index contributed by atoms with van der Waals surface area (Å²) in [5.41, 5.74) is 0. The number of aliphatic hydroxyl groups excluding tert-OH is 5. The highest BCUT2D eigenvalue weighted by atomic mass is 16.7. The van der Waals surface area contributed by atoms with Crippen molar-refractivity contribution in [3.63, 3.8) is 0 Å². The largest absolute Gasteiger partial charge is 0.454 e. The molecule has 0 aromatic heterocycles. The fourth-order valence-electron chi connectivity index (χ4n) is 9.21. The molecule has 1 aliphatic rings. The van der Waals surface area contributed by atoms with Crippen molar-refractivity contribution >= 4 is 11.9 Å². The summed E-state index contributed by atoms with van der Waals surface area (Å²) >= 11 is 0. The van der Waals surface area contributed by atoms with Gasteiger partial charge in [-0.25, -0.2) is 0 Å². The predicted molar refractivity (Wildman–Crippen MR) is 306 cm³/mol. The van der Waals surface area contributed by atoms with E-state index in [1.165, 1.54) is 154 Å². The fourth-order valence-corrected chi connectivity index (χ4v) is 9.21. The van der Waals surface area contributed by atoms with E-state index in [4.69, 9.17) is 14.2 Å². The standard InChI is InChI=1S/C63H111NO10/c1-4-7-10-13-16-19-22-25-26-27-28-29-30-31-32-33-36-39-42-45-48-51-58(68)74-61-60(70)59(69)57(52-65)73-63(61)72-53-54(55(66)49-46-43-40-37-34-23-20-17-14-11-8-5-2)64-62(71)56(67)50-47-44-41-38-35-24-21-18-15-12-9-6-3/h9,12,15,18,21,24,35,38,41,44,46,49,54-57,59-61,63,65-67,69-70H,4-8,10-11,13-14,16-17,19-20,22-23,25-34,36-37,39-40,42-43,45,47-48,50-53H2,1-3H3,(H,64,71)/b12-9+,18-15+,24-21-,38-35-,44-41+,49-46+. The smallest absolute Gasteiger partial charge is 0.306 e. The maximum absolute atomic E-state index is 13.3. The van der Waals surface area contributed by atoms with Crippen molar-refractivity contribution in [2.75, 3.05) is 13.2 Å². The van der Waals surface area contributed by atoms with Crippen LogP contribution in [0.4, 0.5) is 0 Å². The van der Waals surface area contributed by atoms with Gasteiger partial charge < -0.3 is 45.1 Å². The molecule has 428 valence electrons. The molecule has 1 rings (SSSR count). The van der Waals surface area contributed by atoms with Gasteiger partial charge in [-0.3, -0.25) is 9.59 Å². The monoisotopic (exact) mass is 1040 g/mol. The Morgan fingerprint density at radius 3 is 1.43 bits per heavy atom. The summed E-state index contributed by atoms with van der Waals surface area (Å²) in [6, 6.07) is -1.06. The molecule has 6 N–H and O–H groups in total. The van der Waals surface area contributed by atoms with Gasteiger partial charge in [0.15, 0.2) is 12.4 Å². The molecule has 0 saturated carbocycles. The molecule has 0 aliphatic carbocycles. The molecule has 1 heterocycles. The molecule has 8 atom stereocenters. The number of carbonyl (C=O) groups is 2. The summed E-state index contributed by atoms with van der Waals surface area (Å²) in [7, 11) is 0. The summed E-state index contributed by atoms with van der Waals surface area (Å²) in [6.45, 7) is 5.60. The van der Waals surface area contributed by atoms with Gasteiger partial charge >= 0.3 is 5.97 Å². The maximum Gasteiger partial charge on any atom is 0.306 e. The van der Waals surface area contributed by atoms with E-state index >= 15 is 0 Å². The minimum absolute atomic E-state index is 0.116. The number of amides is 1. The molecule has 8 unspecified atom stereocenters. The van der Waals surface area contributed by atoms with Gasteiger partial charge in [-0.15, -0.1) is 0 Å². The number of aliphatic hydroxyl groups is 5. The first-order chi connectivity index (χ1) is 36.2. The van der Waals surface area contributed by atoms with Crippen molar-refractivity contribution < 1.29 is 49.3 Å².